The molecule has 3 aromatic rings. The minimum Gasteiger partial charge on any atom is -0.508 e. The first-order chi connectivity index (χ1) is 15.3. The lowest BCUT2D eigenvalue weighted by molar-refractivity contribution is -0.123. The van der Waals surface area contributed by atoms with Gasteiger partial charge in [0, 0.05) is 17.7 Å². The minimum absolute atomic E-state index is 0.0870. The molecule has 0 spiro atoms. The molecule has 0 atom stereocenters. The number of carbonyl (C=O) groups excluding carboxylic acids is 1. The maximum atomic E-state index is 12.2. The van der Waals surface area contributed by atoms with Gasteiger partial charge in [0.1, 0.15) is 11.5 Å². The van der Waals surface area contributed by atoms with E-state index in [-0.39, 0.29) is 18.3 Å². The monoisotopic (exact) mass is 436 g/mol. The zero-order valence-corrected chi connectivity index (χ0v) is 18.5. The van der Waals surface area contributed by atoms with Gasteiger partial charge in [0.05, 0.1) is 11.4 Å². The predicted molar refractivity (Wildman–Crippen MR) is 124 cm³/mol. The van der Waals surface area contributed by atoms with E-state index in [2.05, 4.69) is 20.2 Å². The third-order valence-corrected chi connectivity index (χ3v) is 4.86. The van der Waals surface area contributed by atoms with Crippen molar-refractivity contribution in [3.8, 4) is 34.0 Å². The van der Waals surface area contributed by atoms with Crippen LogP contribution in [0.15, 0.2) is 53.3 Å². The van der Waals surface area contributed by atoms with E-state index < -0.39 is 5.69 Å². The van der Waals surface area contributed by atoms with Crippen molar-refractivity contribution < 1.29 is 14.6 Å². The van der Waals surface area contributed by atoms with Crippen LogP contribution in [0.2, 0.25) is 0 Å². The maximum Gasteiger partial charge on any atom is 0.345 e. The van der Waals surface area contributed by atoms with Gasteiger partial charge in [0.15, 0.2) is 6.61 Å². The minimum atomic E-state index is -0.480. The Kier molecular flexibility index (Phi) is 7.62. The van der Waals surface area contributed by atoms with Crippen LogP contribution in [-0.4, -0.2) is 59.7 Å². The SMILES string of the molecule is Cc1cc(-c2cc(-c3cccc(OCC(=O)NCCCN(C)C)c3)[nH]c(=O)n2)ccc1O. The van der Waals surface area contributed by atoms with Crippen molar-refractivity contribution in [3.05, 3.63) is 64.6 Å². The summed E-state index contributed by atoms with van der Waals surface area (Å²) >= 11 is 0. The summed E-state index contributed by atoms with van der Waals surface area (Å²) in [6.45, 7) is 3.19. The molecular weight excluding hydrogens is 408 g/mol. The van der Waals surface area contributed by atoms with Crippen LogP contribution in [0, 0.1) is 6.92 Å². The summed E-state index contributed by atoms with van der Waals surface area (Å²) in [4.78, 5) is 33.0. The Balaban J connectivity index is 1.71. The second kappa shape index (κ2) is 10.6. The van der Waals surface area contributed by atoms with Gasteiger partial charge in [0.2, 0.25) is 0 Å². The Labute approximate surface area is 186 Å². The molecule has 0 unspecified atom stereocenters. The first-order valence-corrected chi connectivity index (χ1v) is 10.4. The van der Waals surface area contributed by atoms with Gasteiger partial charge in [-0.3, -0.25) is 4.79 Å². The number of nitrogens with zero attached hydrogens (tertiary/aromatic N) is 2. The topological polar surface area (TPSA) is 108 Å². The van der Waals surface area contributed by atoms with E-state index in [1.807, 2.05) is 20.2 Å². The highest BCUT2D eigenvalue weighted by Gasteiger charge is 2.09. The lowest BCUT2D eigenvalue weighted by Crippen LogP contribution is -2.31. The molecule has 32 heavy (non-hydrogen) atoms. The molecule has 1 aromatic heterocycles. The predicted octanol–water partition coefficient (Wildman–Crippen LogP) is 2.56. The molecule has 0 saturated heterocycles. The molecule has 0 saturated carbocycles. The Bertz CT molecular complexity index is 1140. The molecule has 8 heteroatoms. The van der Waals surface area contributed by atoms with E-state index >= 15 is 0 Å². The third kappa shape index (κ3) is 6.42. The molecule has 0 bridgehead atoms. The number of hydrogen-bond donors (Lipinski definition) is 3. The highest BCUT2D eigenvalue weighted by Crippen LogP contribution is 2.27. The number of ether oxygens (including phenoxy) is 1. The lowest BCUT2D eigenvalue weighted by Gasteiger charge is -2.11. The molecule has 168 valence electrons. The number of H-pyrrole nitrogens is 1. The smallest absolute Gasteiger partial charge is 0.345 e. The quantitative estimate of drug-likeness (QED) is 0.445. The standard InChI is InChI=1S/C24H28N4O4/c1-16-12-18(8-9-22(16)29)21-14-20(26-24(31)27-21)17-6-4-7-19(13-17)32-15-23(30)25-10-5-11-28(2)3/h4,6-9,12-14,29H,5,10-11,15H2,1-3H3,(H,25,30)(H,26,27,31). The first kappa shape index (κ1) is 23.0. The van der Waals surface area contributed by atoms with Crippen molar-refractivity contribution in [1.82, 2.24) is 20.2 Å². The van der Waals surface area contributed by atoms with Crippen molar-refractivity contribution in [2.75, 3.05) is 33.8 Å². The van der Waals surface area contributed by atoms with Crippen LogP contribution in [-0.2, 0) is 4.79 Å². The van der Waals surface area contributed by atoms with Crippen molar-refractivity contribution in [3.63, 3.8) is 0 Å². The van der Waals surface area contributed by atoms with E-state index in [1.54, 1.807) is 49.4 Å². The fraction of sp³-hybridized carbons (Fsp3) is 0.292. The van der Waals surface area contributed by atoms with Crippen LogP contribution in [0.4, 0.5) is 0 Å². The molecule has 3 rings (SSSR count). The zero-order chi connectivity index (χ0) is 23.1. The largest absolute Gasteiger partial charge is 0.508 e. The second-order valence-electron chi connectivity index (χ2n) is 7.81. The van der Waals surface area contributed by atoms with Crippen molar-refractivity contribution >= 4 is 5.91 Å². The molecule has 0 aliphatic carbocycles. The van der Waals surface area contributed by atoms with Gasteiger partial charge in [-0.15, -0.1) is 0 Å². The number of rotatable bonds is 9. The van der Waals surface area contributed by atoms with Crippen molar-refractivity contribution in [2.24, 2.45) is 0 Å². The van der Waals surface area contributed by atoms with Gasteiger partial charge in [-0.25, -0.2) is 4.79 Å². The number of nitrogens with one attached hydrogen (secondary N) is 2. The number of benzene rings is 2. The summed E-state index contributed by atoms with van der Waals surface area (Å²) in [6.07, 6.45) is 0.868. The van der Waals surface area contributed by atoms with Gasteiger partial charge in [-0.05, 0) is 75.9 Å². The van der Waals surface area contributed by atoms with Gasteiger partial charge in [-0.1, -0.05) is 12.1 Å². The molecule has 1 heterocycles. The maximum absolute atomic E-state index is 12.2. The summed E-state index contributed by atoms with van der Waals surface area (Å²) in [5.74, 6) is 0.521. The van der Waals surface area contributed by atoms with Gasteiger partial charge >= 0.3 is 5.69 Å². The van der Waals surface area contributed by atoms with Crippen LogP contribution in [0.25, 0.3) is 22.5 Å². The van der Waals surface area contributed by atoms with Crippen LogP contribution < -0.4 is 15.7 Å². The van der Waals surface area contributed by atoms with Crippen LogP contribution in [0.1, 0.15) is 12.0 Å². The molecule has 8 nitrogen and oxygen atoms in total. The van der Waals surface area contributed by atoms with Gasteiger partial charge < -0.3 is 25.0 Å². The Morgan fingerprint density at radius 3 is 2.72 bits per heavy atom. The number of phenols is 1. The lowest BCUT2D eigenvalue weighted by atomic mass is 10.1. The summed E-state index contributed by atoms with van der Waals surface area (Å²) in [5.41, 5.74) is 2.74. The molecule has 0 radical (unpaired) electrons. The first-order valence-electron chi connectivity index (χ1n) is 10.4. The van der Waals surface area contributed by atoms with Crippen molar-refractivity contribution in [2.45, 2.75) is 13.3 Å². The third-order valence-electron chi connectivity index (χ3n) is 4.86. The van der Waals surface area contributed by atoms with Crippen LogP contribution in [0.5, 0.6) is 11.5 Å². The molecule has 1 amide bonds. The Morgan fingerprint density at radius 1 is 1.16 bits per heavy atom. The summed E-state index contributed by atoms with van der Waals surface area (Å²) < 4.78 is 5.62. The number of aromatic nitrogens is 2. The molecular formula is C24H28N4O4. The Morgan fingerprint density at radius 2 is 1.97 bits per heavy atom. The number of phenolic OH excluding ortho intramolecular Hbond substituents is 1. The van der Waals surface area contributed by atoms with Crippen LogP contribution >= 0.6 is 0 Å². The summed E-state index contributed by atoms with van der Waals surface area (Å²) in [7, 11) is 3.98. The van der Waals surface area contributed by atoms with Gasteiger partial charge in [-0.2, -0.15) is 4.98 Å². The fourth-order valence-corrected chi connectivity index (χ4v) is 3.15. The van der Waals surface area contributed by atoms with Crippen LogP contribution in [0.3, 0.4) is 0 Å². The normalized spacial score (nSPS) is 10.9. The average molecular weight is 437 g/mol. The summed E-state index contributed by atoms with van der Waals surface area (Å²) in [5, 5.41) is 12.6. The van der Waals surface area contributed by atoms with E-state index in [1.165, 1.54) is 0 Å². The molecule has 3 N–H and O–H groups in total. The molecule has 2 aromatic carbocycles. The molecule has 0 aliphatic heterocycles. The number of aromatic amines is 1. The Hall–Kier alpha value is -3.65. The second-order valence-corrected chi connectivity index (χ2v) is 7.81. The molecule has 0 fully saturated rings. The zero-order valence-electron chi connectivity index (χ0n) is 18.5. The number of aryl methyl sites for hydroxylation is 1. The van der Waals surface area contributed by atoms with E-state index in [4.69, 9.17) is 4.74 Å². The highest BCUT2D eigenvalue weighted by molar-refractivity contribution is 5.77. The highest BCUT2D eigenvalue weighted by atomic mass is 16.5. The van der Waals surface area contributed by atoms with E-state index in [0.717, 1.165) is 24.1 Å². The number of carbonyl (C=O) groups is 1. The van der Waals surface area contributed by atoms with Gasteiger partial charge in [0.25, 0.3) is 5.91 Å². The number of amides is 1. The van der Waals surface area contributed by atoms with E-state index in [0.29, 0.717) is 29.2 Å². The summed E-state index contributed by atoms with van der Waals surface area (Å²) in [6, 6.07) is 14.0. The van der Waals surface area contributed by atoms with E-state index in [9.17, 15) is 14.7 Å². The molecule has 0 aliphatic rings. The number of hydrogen-bond acceptors (Lipinski definition) is 6. The fourth-order valence-electron chi connectivity index (χ4n) is 3.15. The average Bonchev–Trinajstić information content (AvgIpc) is 2.77. The number of aromatic hydroxyl groups is 1. The van der Waals surface area contributed by atoms with Crippen molar-refractivity contribution in [1.29, 1.82) is 0 Å².